The Balaban J connectivity index is 1.34. The van der Waals surface area contributed by atoms with Crippen molar-refractivity contribution in [1.29, 1.82) is 0 Å². The number of hydrogen-bond donors (Lipinski definition) is 3. The van der Waals surface area contributed by atoms with Crippen molar-refractivity contribution in [3.05, 3.63) is 89.2 Å². The maximum Gasteiger partial charge on any atom is 0.407 e. The van der Waals surface area contributed by atoms with Crippen LogP contribution < -0.4 is 10.6 Å². The van der Waals surface area contributed by atoms with Gasteiger partial charge in [-0.05, 0) is 46.9 Å². The Morgan fingerprint density at radius 2 is 1.63 bits per heavy atom. The Hall–Kier alpha value is -4.20. The molecule has 8 heteroatoms. The van der Waals surface area contributed by atoms with Crippen molar-refractivity contribution in [1.82, 2.24) is 5.32 Å². The highest BCUT2D eigenvalue weighted by atomic mass is 19.1. The molecule has 3 aromatic carbocycles. The zero-order valence-electron chi connectivity index (χ0n) is 19.1. The summed E-state index contributed by atoms with van der Waals surface area (Å²) in [6.45, 7) is 1.95. The van der Waals surface area contributed by atoms with Gasteiger partial charge in [0.05, 0.1) is 11.3 Å². The van der Waals surface area contributed by atoms with E-state index in [1.807, 2.05) is 36.4 Å². The summed E-state index contributed by atoms with van der Waals surface area (Å²) >= 11 is 0. The summed E-state index contributed by atoms with van der Waals surface area (Å²) in [5, 5.41) is 14.1. The molecule has 180 valence electrons. The summed E-state index contributed by atoms with van der Waals surface area (Å²) in [7, 11) is 0. The van der Waals surface area contributed by atoms with Crippen LogP contribution in [0.25, 0.3) is 11.1 Å². The first kappa shape index (κ1) is 23.9. The van der Waals surface area contributed by atoms with Gasteiger partial charge in [0.1, 0.15) is 12.4 Å². The monoisotopic (exact) mass is 476 g/mol. The van der Waals surface area contributed by atoms with E-state index in [4.69, 9.17) is 9.84 Å². The lowest BCUT2D eigenvalue weighted by Crippen LogP contribution is -2.38. The molecule has 0 aliphatic heterocycles. The second kappa shape index (κ2) is 10.4. The Morgan fingerprint density at radius 1 is 1.00 bits per heavy atom. The number of carbonyl (C=O) groups is 3. The van der Waals surface area contributed by atoms with E-state index in [1.165, 1.54) is 0 Å². The first-order chi connectivity index (χ1) is 16.9. The van der Waals surface area contributed by atoms with Gasteiger partial charge in [0, 0.05) is 18.4 Å². The summed E-state index contributed by atoms with van der Waals surface area (Å²) in [4.78, 5) is 36.0. The van der Waals surface area contributed by atoms with Crippen LogP contribution in [0.4, 0.5) is 14.9 Å². The fourth-order valence-corrected chi connectivity index (χ4v) is 4.28. The third-order valence-corrected chi connectivity index (χ3v) is 6.08. The van der Waals surface area contributed by atoms with Crippen LogP contribution in [0.15, 0.2) is 66.7 Å². The normalized spacial score (nSPS) is 12.9. The molecule has 1 atom stereocenters. The van der Waals surface area contributed by atoms with Gasteiger partial charge in [-0.3, -0.25) is 4.79 Å². The van der Waals surface area contributed by atoms with Crippen molar-refractivity contribution in [3.63, 3.8) is 0 Å². The SMILES string of the molecule is CC[C@@H](CC(=O)Nc1cc(C(=O)O)ccc1F)NC(=O)OCC1c2ccccc2-c2ccccc21. The summed E-state index contributed by atoms with van der Waals surface area (Å²) < 4.78 is 19.5. The lowest BCUT2D eigenvalue weighted by atomic mass is 9.98. The van der Waals surface area contributed by atoms with E-state index in [0.29, 0.717) is 6.42 Å². The molecule has 0 fully saturated rings. The molecule has 1 aliphatic rings. The number of nitrogens with one attached hydrogen (secondary N) is 2. The van der Waals surface area contributed by atoms with Crippen LogP contribution in [0.2, 0.25) is 0 Å². The summed E-state index contributed by atoms with van der Waals surface area (Å²) in [5.41, 5.74) is 4.06. The van der Waals surface area contributed by atoms with Crippen molar-refractivity contribution in [3.8, 4) is 11.1 Å². The van der Waals surface area contributed by atoms with Crippen LogP contribution in [-0.2, 0) is 9.53 Å². The van der Waals surface area contributed by atoms with Gasteiger partial charge < -0.3 is 20.5 Å². The highest BCUT2D eigenvalue weighted by Crippen LogP contribution is 2.44. The molecule has 35 heavy (non-hydrogen) atoms. The number of anilines is 1. The van der Waals surface area contributed by atoms with E-state index in [1.54, 1.807) is 6.92 Å². The van der Waals surface area contributed by atoms with Gasteiger partial charge in [0.15, 0.2) is 0 Å². The molecular weight excluding hydrogens is 451 g/mol. The van der Waals surface area contributed by atoms with Crippen molar-refractivity contribution in [2.24, 2.45) is 0 Å². The number of rotatable bonds is 8. The predicted molar refractivity (Wildman–Crippen MR) is 129 cm³/mol. The average molecular weight is 477 g/mol. The molecule has 3 aromatic rings. The maximum absolute atomic E-state index is 14.0. The minimum Gasteiger partial charge on any atom is -0.478 e. The van der Waals surface area contributed by atoms with Crippen molar-refractivity contribution >= 4 is 23.7 Å². The highest BCUT2D eigenvalue weighted by Gasteiger charge is 2.29. The molecule has 0 aromatic heterocycles. The molecule has 4 rings (SSSR count). The number of carboxylic acids is 1. The van der Waals surface area contributed by atoms with E-state index in [9.17, 15) is 18.8 Å². The average Bonchev–Trinajstić information content (AvgIpc) is 3.17. The molecule has 0 saturated carbocycles. The Labute approximate surface area is 201 Å². The molecule has 0 saturated heterocycles. The number of carbonyl (C=O) groups excluding carboxylic acids is 2. The molecule has 0 radical (unpaired) electrons. The largest absolute Gasteiger partial charge is 0.478 e. The molecule has 2 amide bonds. The topological polar surface area (TPSA) is 105 Å². The molecule has 1 aliphatic carbocycles. The summed E-state index contributed by atoms with van der Waals surface area (Å²) in [6.07, 6.45) is -0.335. The zero-order chi connectivity index (χ0) is 24.9. The number of benzene rings is 3. The third-order valence-electron chi connectivity index (χ3n) is 6.08. The molecule has 7 nitrogen and oxygen atoms in total. The lowest BCUT2D eigenvalue weighted by Gasteiger charge is -2.19. The van der Waals surface area contributed by atoms with Gasteiger partial charge in [-0.1, -0.05) is 55.5 Å². The first-order valence-electron chi connectivity index (χ1n) is 11.3. The first-order valence-corrected chi connectivity index (χ1v) is 11.3. The van der Waals surface area contributed by atoms with Gasteiger partial charge in [-0.25, -0.2) is 14.0 Å². The Morgan fingerprint density at radius 3 is 2.23 bits per heavy atom. The number of ether oxygens (including phenoxy) is 1. The number of aromatic carboxylic acids is 1. The number of hydrogen-bond acceptors (Lipinski definition) is 4. The van der Waals surface area contributed by atoms with Crippen LogP contribution in [0.3, 0.4) is 0 Å². The van der Waals surface area contributed by atoms with E-state index in [2.05, 4.69) is 22.8 Å². The molecule has 0 unspecified atom stereocenters. The minimum atomic E-state index is -1.23. The van der Waals surface area contributed by atoms with E-state index in [0.717, 1.165) is 40.5 Å². The van der Waals surface area contributed by atoms with E-state index < -0.39 is 29.8 Å². The number of halogens is 1. The second-order valence-corrected chi connectivity index (χ2v) is 8.33. The molecule has 0 spiro atoms. The van der Waals surface area contributed by atoms with Gasteiger partial charge in [0.25, 0.3) is 0 Å². The maximum atomic E-state index is 14.0. The van der Waals surface area contributed by atoms with Gasteiger partial charge >= 0.3 is 12.1 Å². The number of fused-ring (bicyclic) bond motifs is 3. The van der Waals surface area contributed by atoms with Crippen LogP contribution in [0.1, 0.15) is 47.2 Å². The highest BCUT2D eigenvalue weighted by molar-refractivity contribution is 5.94. The standard InChI is InChI=1S/C27H25FN2O5/c1-2-17(14-25(31)30-24-13-16(26(32)33)11-12-23(24)28)29-27(34)35-15-22-20-9-5-3-7-18(20)19-8-4-6-10-21(19)22/h3-13,17,22H,2,14-15H2,1H3,(H,29,34)(H,30,31)(H,32,33)/t17-/m0/s1. The molecule has 3 N–H and O–H groups in total. The summed E-state index contributed by atoms with van der Waals surface area (Å²) in [5.74, 6) is -2.62. The van der Waals surface area contributed by atoms with Gasteiger partial charge in [-0.2, -0.15) is 0 Å². The quantitative estimate of drug-likeness (QED) is 0.416. The van der Waals surface area contributed by atoms with Crippen molar-refractivity contribution in [2.75, 3.05) is 11.9 Å². The van der Waals surface area contributed by atoms with Gasteiger partial charge in [0.2, 0.25) is 5.91 Å². The Kier molecular flexibility index (Phi) is 7.10. The molecule has 0 bridgehead atoms. The van der Waals surface area contributed by atoms with Crippen LogP contribution in [0.5, 0.6) is 0 Å². The molecular formula is C27H25FN2O5. The molecule has 0 heterocycles. The minimum absolute atomic E-state index is 0.0824. The van der Waals surface area contributed by atoms with Crippen molar-refractivity contribution in [2.45, 2.75) is 31.7 Å². The van der Waals surface area contributed by atoms with Crippen LogP contribution in [-0.4, -0.2) is 35.7 Å². The van der Waals surface area contributed by atoms with Gasteiger partial charge in [-0.15, -0.1) is 0 Å². The second-order valence-electron chi connectivity index (χ2n) is 8.33. The fourth-order valence-electron chi connectivity index (χ4n) is 4.28. The number of carboxylic acid groups (broad SMARTS) is 1. The van der Waals surface area contributed by atoms with E-state index >= 15 is 0 Å². The fraction of sp³-hybridized carbons (Fsp3) is 0.222. The number of amides is 2. The predicted octanol–water partition coefficient (Wildman–Crippen LogP) is 5.17. The Bertz CT molecular complexity index is 1230. The van der Waals surface area contributed by atoms with Crippen LogP contribution in [0, 0.1) is 5.82 Å². The zero-order valence-corrected chi connectivity index (χ0v) is 19.1. The third kappa shape index (κ3) is 5.32. The van der Waals surface area contributed by atoms with Crippen molar-refractivity contribution < 1.29 is 28.6 Å². The van der Waals surface area contributed by atoms with E-state index in [-0.39, 0.29) is 30.2 Å². The number of alkyl carbamates (subject to hydrolysis) is 1. The summed E-state index contributed by atoms with van der Waals surface area (Å²) in [6, 6.07) is 18.6. The smallest absolute Gasteiger partial charge is 0.407 e. The lowest BCUT2D eigenvalue weighted by molar-refractivity contribution is -0.116. The van der Waals surface area contributed by atoms with Crippen LogP contribution >= 0.6 is 0 Å².